The van der Waals surface area contributed by atoms with Crippen molar-refractivity contribution in [2.24, 2.45) is 0 Å². The van der Waals surface area contributed by atoms with Gasteiger partial charge in [-0.05, 0) is 88.6 Å². The van der Waals surface area contributed by atoms with Crippen LogP contribution in [0.3, 0.4) is 0 Å². The topological polar surface area (TPSA) is 80.8 Å². The largest absolute Gasteiger partial charge is 0.484 e. The molecule has 2 fully saturated rings. The summed E-state index contributed by atoms with van der Waals surface area (Å²) in [5.74, 6) is 1.05. The van der Waals surface area contributed by atoms with Crippen molar-refractivity contribution in [2.75, 3.05) is 6.61 Å². The van der Waals surface area contributed by atoms with Crippen molar-refractivity contribution >= 4 is 11.8 Å². The van der Waals surface area contributed by atoms with Crippen molar-refractivity contribution in [3.05, 3.63) is 53.7 Å². The highest BCUT2D eigenvalue weighted by molar-refractivity contribution is 5.94. The summed E-state index contributed by atoms with van der Waals surface area (Å²) < 4.78 is 11.6. The maximum Gasteiger partial charge on any atom is 0.260 e. The maximum absolute atomic E-state index is 12.6. The maximum atomic E-state index is 12.6. The highest BCUT2D eigenvalue weighted by atomic mass is 16.5. The van der Waals surface area contributed by atoms with Crippen LogP contribution >= 0.6 is 0 Å². The van der Waals surface area contributed by atoms with E-state index in [1.165, 1.54) is 12.8 Å². The predicted molar refractivity (Wildman–Crippen MR) is 130 cm³/mol. The fraction of sp³-hybridized carbons (Fsp3) is 0.519. The quantitative estimate of drug-likeness (QED) is 0.621. The summed E-state index contributed by atoms with van der Waals surface area (Å²) in [5, 5.41) is 2.91. The van der Waals surface area contributed by atoms with Gasteiger partial charge in [-0.1, -0.05) is 6.07 Å². The number of piperidine rings is 1. The Morgan fingerprint density at radius 2 is 1.68 bits per heavy atom. The number of rotatable bonds is 8. The van der Waals surface area contributed by atoms with E-state index in [1.807, 2.05) is 17.0 Å². The van der Waals surface area contributed by atoms with E-state index in [0.717, 1.165) is 37.7 Å². The molecule has 0 spiro atoms. The minimum Gasteiger partial charge on any atom is -0.484 e. The van der Waals surface area contributed by atoms with Crippen LogP contribution in [0.2, 0.25) is 0 Å². The molecule has 1 aliphatic heterocycles. The van der Waals surface area contributed by atoms with Crippen LogP contribution in [0.5, 0.6) is 11.6 Å². The molecule has 1 saturated carbocycles. The molecule has 182 valence electrons. The summed E-state index contributed by atoms with van der Waals surface area (Å²) in [7, 11) is 0. The van der Waals surface area contributed by atoms with Gasteiger partial charge in [0.05, 0.1) is 0 Å². The number of benzene rings is 1. The summed E-state index contributed by atoms with van der Waals surface area (Å²) in [6, 6.07) is 11.1. The van der Waals surface area contributed by atoms with E-state index in [4.69, 9.17) is 9.47 Å². The molecule has 2 atom stereocenters. The van der Waals surface area contributed by atoms with Gasteiger partial charge in [0, 0.05) is 36.5 Å². The second-order valence-corrected chi connectivity index (χ2v) is 9.45. The van der Waals surface area contributed by atoms with Crippen LogP contribution in [0.15, 0.2) is 42.6 Å². The van der Waals surface area contributed by atoms with Crippen LogP contribution in [0, 0.1) is 0 Å². The van der Waals surface area contributed by atoms with Gasteiger partial charge >= 0.3 is 0 Å². The van der Waals surface area contributed by atoms with Crippen molar-refractivity contribution in [1.82, 2.24) is 15.2 Å². The lowest BCUT2D eigenvalue weighted by Gasteiger charge is -2.38. The minimum absolute atomic E-state index is 0.00762. The highest BCUT2D eigenvalue weighted by Gasteiger charge is 2.29. The zero-order valence-electron chi connectivity index (χ0n) is 20.2. The fourth-order valence-electron chi connectivity index (χ4n) is 4.88. The SMILES string of the molecule is CC1CCCC(C)N1C(=O)COc1ccc(C(=O)NCc2ccc(OC3CCCC3)nc2)cc1. The normalized spacial score (nSPS) is 20.7. The molecule has 2 heterocycles. The van der Waals surface area contributed by atoms with Gasteiger partial charge in [-0.2, -0.15) is 0 Å². The Morgan fingerprint density at radius 3 is 2.32 bits per heavy atom. The molecule has 34 heavy (non-hydrogen) atoms. The number of pyridine rings is 1. The lowest BCUT2D eigenvalue weighted by molar-refractivity contribution is -0.139. The molecule has 1 aromatic carbocycles. The van der Waals surface area contributed by atoms with Crippen LogP contribution in [0.1, 0.15) is 74.7 Å². The molecule has 7 nitrogen and oxygen atoms in total. The number of nitrogens with one attached hydrogen (secondary N) is 1. The van der Waals surface area contributed by atoms with Crippen molar-refractivity contribution < 1.29 is 19.1 Å². The van der Waals surface area contributed by atoms with Gasteiger partial charge < -0.3 is 19.7 Å². The molecular formula is C27H35N3O4. The van der Waals surface area contributed by atoms with Crippen LogP contribution < -0.4 is 14.8 Å². The molecule has 2 aromatic rings. The summed E-state index contributed by atoms with van der Waals surface area (Å²) in [5.41, 5.74) is 1.44. The molecule has 4 rings (SSSR count). The standard InChI is InChI=1S/C27H35N3O4/c1-19-6-5-7-20(2)30(19)26(31)18-33-23-13-11-22(12-14-23)27(32)29-17-21-10-15-25(28-16-21)34-24-8-3-4-9-24/h10-16,19-20,24H,3-9,17-18H2,1-2H3,(H,29,32). The lowest BCUT2D eigenvalue weighted by atomic mass is 9.97. The molecule has 1 aromatic heterocycles. The van der Waals surface area contributed by atoms with Crippen LogP contribution in [0.25, 0.3) is 0 Å². The van der Waals surface area contributed by atoms with Gasteiger partial charge in [0.2, 0.25) is 5.88 Å². The third kappa shape index (κ3) is 6.27. The van der Waals surface area contributed by atoms with Crippen molar-refractivity contribution in [3.8, 4) is 11.6 Å². The van der Waals surface area contributed by atoms with Crippen molar-refractivity contribution in [1.29, 1.82) is 0 Å². The third-order valence-corrected chi connectivity index (χ3v) is 6.80. The van der Waals surface area contributed by atoms with Gasteiger partial charge in [0.1, 0.15) is 11.9 Å². The number of hydrogen-bond acceptors (Lipinski definition) is 5. The second-order valence-electron chi connectivity index (χ2n) is 9.45. The summed E-state index contributed by atoms with van der Waals surface area (Å²) in [4.78, 5) is 31.4. The van der Waals surface area contributed by atoms with Gasteiger partial charge in [-0.15, -0.1) is 0 Å². The molecule has 2 aliphatic rings. The van der Waals surface area contributed by atoms with E-state index >= 15 is 0 Å². The molecule has 1 saturated heterocycles. The number of aromatic nitrogens is 1. The average Bonchev–Trinajstić information content (AvgIpc) is 3.35. The Morgan fingerprint density at radius 1 is 0.971 bits per heavy atom. The summed E-state index contributed by atoms with van der Waals surface area (Å²) in [6.45, 7) is 4.58. The number of nitrogens with zero attached hydrogens (tertiary/aromatic N) is 2. The summed E-state index contributed by atoms with van der Waals surface area (Å²) in [6.07, 6.45) is 9.87. The van der Waals surface area contributed by atoms with Crippen LogP contribution in [-0.2, 0) is 11.3 Å². The van der Waals surface area contributed by atoms with E-state index in [1.54, 1.807) is 30.5 Å². The van der Waals surface area contributed by atoms with Gasteiger partial charge in [0.15, 0.2) is 6.61 Å². The molecule has 1 aliphatic carbocycles. The number of likely N-dealkylation sites (tertiary alicyclic amines) is 1. The molecule has 2 amide bonds. The first-order valence-electron chi connectivity index (χ1n) is 12.4. The molecular weight excluding hydrogens is 430 g/mol. The van der Waals surface area contributed by atoms with E-state index in [0.29, 0.717) is 23.7 Å². The smallest absolute Gasteiger partial charge is 0.260 e. The number of amides is 2. The van der Waals surface area contributed by atoms with E-state index in [9.17, 15) is 9.59 Å². The molecule has 1 N–H and O–H groups in total. The predicted octanol–water partition coefficient (Wildman–Crippen LogP) is 4.50. The van der Waals surface area contributed by atoms with Crippen LogP contribution in [0.4, 0.5) is 0 Å². The lowest BCUT2D eigenvalue weighted by Crippen LogP contribution is -2.49. The number of carbonyl (C=O) groups excluding carboxylic acids is 2. The van der Waals surface area contributed by atoms with Gasteiger partial charge in [-0.3, -0.25) is 9.59 Å². The Kier molecular flexibility index (Phi) is 8.03. The first-order valence-corrected chi connectivity index (χ1v) is 12.4. The van der Waals surface area contributed by atoms with Crippen LogP contribution in [-0.4, -0.2) is 46.5 Å². The fourth-order valence-corrected chi connectivity index (χ4v) is 4.88. The molecule has 0 radical (unpaired) electrons. The van der Waals surface area contributed by atoms with Gasteiger partial charge in [-0.25, -0.2) is 4.98 Å². The average molecular weight is 466 g/mol. The number of carbonyl (C=O) groups is 2. The first-order chi connectivity index (χ1) is 16.5. The van der Waals surface area contributed by atoms with Crippen molar-refractivity contribution in [2.45, 2.75) is 83.5 Å². The Hall–Kier alpha value is -3.09. The summed E-state index contributed by atoms with van der Waals surface area (Å²) >= 11 is 0. The van der Waals surface area contributed by atoms with Crippen molar-refractivity contribution in [3.63, 3.8) is 0 Å². The molecule has 7 heteroatoms. The van der Waals surface area contributed by atoms with Gasteiger partial charge in [0.25, 0.3) is 11.8 Å². The zero-order valence-corrected chi connectivity index (χ0v) is 20.2. The third-order valence-electron chi connectivity index (χ3n) is 6.80. The first kappa shape index (κ1) is 24.0. The second kappa shape index (κ2) is 11.4. The molecule has 0 bridgehead atoms. The van der Waals surface area contributed by atoms with E-state index in [-0.39, 0.29) is 36.6 Å². The monoisotopic (exact) mass is 465 g/mol. The van der Waals surface area contributed by atoms with E-state index < -0.39 is 0 Å². The highest BCUT2D eigenvalue weighted by Crippen LogP contribution is 2.24. The minimum atomic E-state index is -0.176. The Labute approximate surface area is 201 Å². The Bertz CT molecular complexity index is 945. The molecule has 2 unspecified atom stereocenters. The zero-order chi connectivity index (χ0) is 23.9. The number of hydrogen-bond donors (Lipinski definition) is 1. The Balaban J connectivity index is 1.22. The number of ether oxygens (including phenoxy) is 2. The van der Waals surface area contributed by atoms with E-state index in [2.05, 4.69) is 24.1 Å².